The van der Waals surface area contributed by atoms with Gasteiger partial charge in [-0.1, -0.05) is 38.1 Å². The lowest BCUT2D eigenvalue weighted by atomic mass is 10.0. The first-order valence-corrected chi connectivity index (χ1v) is 8.08. The summed E-state index contributed by atoms with van der Waals surface area (Å²) in [7, 11) is 0. The number of hydrogen-bond donors (Lipinski definition) is 1. The molecule has 0 saturated heterocycles. The largest absolute Gasteiger partial charge is 0.306 e. The van der Waals surface area contributed by atoms with Gasteiger partial charge < -0.3 is 4.98 Å². The number of benzene rings is 1. The van der Waals surface area contributed by atoms with E-state index in [1.54, 1.807) is 11.8 Å². The summed E-state index contributed by atoms with van der Waals surface area (Å²) in [4.78, 5) is 19.5. The first-order chi connectivity index (χ1) is 9.63. The van der Waals surface area contributed by atoms with E-state index in [1.807, 2.05) is 12.1 Å². The van der Waals surface area contributed by atoms with Gasteiger partial charge in [0.1, 0.15) is 5.82 Å². The van der Waals surface area contributed by atoms with Gasteiger partial charge in [0.15, 0.2) is 0 Å². The van der Waals surface area contributed by atoms with Crippen LogP contribution in [0.25, 0.3) is 11.4 Å². The van der Waals surface area contributed by atoms with Crippen molar-refractivity contribution in [3.63, 3.8) is 0 Å². The third kappa shape index (κ3) is 2.66. The second kappa shape index (κ2) is 5.44. The van der Waals surface area contributed by atoms with E-state index in [0.717, 1.165) is 34.7 Å². The van der Waals surface area contributed by atoms with Crippen molar-refractivity contribution in [1.29, 1.82) is 0 Å². The SMILES string of the molecule is CC(C)Cc1ccc(-c2nc3c(c(=O)[nH]2)CSC3)cc1. The Bertz CT molecular complexity index is 674. The Labute approximate surface area is 122 Å². The zero-order valence-electron chi connectivity index (χ0n) is 11.8. The lowest BCUT2D eigenvalue weighted by molar-refractivity contribution is 0.647. The van der Waals surface area contributed by atoms with Crippen LogP contribution in [0.3, 0.4) is 0 Å². The van der Waals surface area contributed by atoms with Gasteiger partial charge in [-0.2, -0.15) is 11.8 Å². The Balaban J connectivity index is 1.93. The summed E-state index contributed by atoms with van der Waals surface area (Å²) in [6.07, 6.45) is 1.07. The standard InChI is InChI=1S/C16H18N2OS/c1-10(2)7-11-3-5-12(6-4-11)15-17-14-9-20-8-13(14)16(19)18-15/h3-6,10H,7-9H2,1-2H3,(H,17,18,19). The fraction of sp³-hybridized carbons (Fsp3) is 0.375. The molecule has 0 spiro atoms. The third-order valence-electron chi connectivity index (χ3n) is 3.46. The number of H-pyrrole nitrogens is 1. The summed E-state index contributed by atoms with van der Waals surface area (Å²) in [5, 5.41) is 0. The monoisotopic (exact) mass is 286 g/mol. The van der Waals surface area contributed by atoms with E-state index in [0.29, 0.717) is 11.7 Å². The topological polar surface area (TPSA) is 45.8 Å². The quantitative estimate of drug-likeness (QED) is 0.941. The average Bonchev–Trinajstić information content (AvgIpc) is 2.87. The molecule has 0 amide bonds. The van der Waals surface area contributed by atoms with Crippen molar-refractivity contribution in [3.05, 3.63) is 51.4 Å². The normalized spacial score (nSPS) is 13.8. The second-order valence-electron chi connectivity index (χ2n) is 5.63. The average molecular weight is 286 g/mol. The van der Waals surface area contributed by atoms with Crippen LogP contribution >= 0.6 is 11.8 Å². The first kappa shape index (κ1) is 13.4. The highest BCUT2D eigenvalue weighted by atomic mass is 32.2. The van der Waals surface area contributed by atoms with Gasteiger partial charge in [-0.05, 0) is 17.9 Å². The summed E-state index contributed by atoms with van der Waals surface area (Å²) in [5.41, 5.74) is 4.11. The Morgan fingerprint density at radius 2 is 2.00 bits per heavy atom. The van der Waals surface area contributed by atoms with Crippen LogP contribution in [-0.2, 0) is 17.9 Å². The molecular weight excluding hydrogens is 268 g/mol. The van der Waals surface area contributed by atoms with Gasteiger partial charge in [-0.3, -0.25) is 4.79 Å². The maximum absolute atomic E-state index is 12.0. The molecule has 0 atom stereocenters. The molecule has 0 fully saturated rings. The number of aromatic amines is 1. The van der Waals surface area contributed by atoms with Crippen LogP contribution in [0.15, 0.2) is 29.1 Å². The van der Waals surface area contributed by atoms with Gasteiger partial charge in [0.2, 0.25) is 0 Å². The lowest BCUT2D eigenvalue weighted by Crippen LogP contribution is -2.15. The molecule has 0 aliphatic carbocycles. The lowest BCUT2D eigenvalue weighted by Gasteiger charge is -2.07. The number of nitrogens with one attached hydrogen (secondary N) is 1. The molecule has 0 radical (unpaired) electrons. The number of aromatic nitrogens is 2. The molecular formula is C16H18N2OS. The van der Waals surface area contributed by atoms with Crippen molar-refractivity contribution in [2.24, 2.45) is 5.92 Å². The van der Waals surface area contributed by atoms with Crippen LogP contribution in [0, 0.1) is 5.92 Å². The van der Waals surface area contributed by atoms with Crippen molar-refractivity contribution in [1.82, 2.24) is 9.97 Å². The Morgan fingerprint density at radius 1 is 1.25 bits per heavy atom. The minimum absolute atomic E-state index is 0.0151. The van der Waals surface area contributed by atoms with E-state index < -0.39 is 0 Å². The predicted octanol–water partition coefficient (Wildman–Crippen LogP) is 3.38. The molecule has 20 heavy (non-hydrogen) atoms. The summed E-state index contributed by atoms with van der Waals surface area (Å²) in [6, 6.07) is 8.34. The highest BCUT2D eigenvalue weighted by Crippen LogP contribution is 2.27. The molecule has 1 aliphatic rings. The molecule has 1 N–H and O–H groups in total. The zero-order chi connectivity index (χ0) is 14.1. The van der Waals surface area contributed by atoms with E-state index in [4.69, 9.17) is 0 Å². The molecule has 3 rings (SSSR count). The van der Waals surface area contributed by atoms with Crippen LogP contribution in [0.1, 0.15) is 30.7 Å². The van der Waals surface area contributed by atoms with E-state index in [9.17, 15) is 4.79 Å². The summed E-state index contributed by atoms with van der Waals surface area (Å²) in [5.74, 6) is 2.96. The van der Waals surface area contributed by atoms with E-state index in [2.05, 4.69) is 35.9 Å². The number of hydrogen-bond acceptors (Lipinski definition) is 3. The van der Waals surface area contributed by atoms with Crippen LogP contribution in [0.2, 0.25) is 0 Å². The number of rotatable bonds is 3. The molecule has 0 bridgehead atoms. The first-order valence-electron chi connectivity index (χ1n) is 6.92. The molecule has 2 aromatic rings. The van der Waals surface area contributed by atoms with E-state index >= 15 is 0 Å². The minimum Gasteiger partial charge on any atom is -0.306 e. The molecule has 3 nitrogen and oxygen atoms in total. The van der Waals surface area contributed by atoms with Gasteiger partial charge in [-0.25, -0.2) is 4.98 Å². The predicted molar refractivity (Wildman–Crippen MR) is 83.8 cm³/mol. The molecule has 1 aromatic carbocycles. The van der Waals surface area contributed by atoms with Gasteiger partial charge in [0.05, 0.1) is 5.69 Å². The van der Waals surface area contributed by atoms with Crippen molar-refractivity contribution in [2.75, 3.05) is 0 Å². The van der Waals surface area contributed by atoms with Crippen LogP contribution in [0.5, 0.6) is 0 Å². The molecule has 1 aliphatic heterocycles. The van der Waals surface area contributed by atoms with Crippen LogP contribution in [0.4, 0.5) is 0 Å². The van der Waals surface area contributed by atoms with Gasteiger partial charge in [-0.15, -0.1) is 0 Å². The van der Waals surface area contributed by atoms with E-state index in [-0.39, 0.29) is 5.56 Å². The van der Waals surface area contributed by atoms with Crippen molar-refractivity contribution < 1.29 is 0 Å². The van der Waals surface area contributed by atoms with Crippen molar-refractivity contribution in [3.8, 4) is 11.4 Å². The Kier molecular flexibility index (Phi) is 3.66. The molecule has 4 heteroatoms. The maximum atomic E-state index is 12.0. The van der Waals surface area contributed by atoms with Crippen molar-refractivity contribution in [2.45, 2.75) is 31.8 Å². The smallest absolute Gasteiger partial charge is 0.255 e. The summed E-state index contributed by atoms with van der Waals surface area (Å²) in [6.45, 7) is 4.43. The fourth-order valence-corrected chi connectivity index (χ4v) is 3.51. The van der Waals surface area contributed by atoms with Gasteiger partial charge in [0, 0.05) is 22.6 Å². The molecule has 104 valence electrons. The highest BCUT2D eigenvalue weighted by molar-refractivity contribution is 7.98. The maximum Gasteiger partial charge on any atom is 0.255 e. The van der Waals surface area contributed by atoms with E-state index in [1.165, 1.54) is 5.56 Å². The molecule has 0 saturated carbocycles. The second-order valence-corrected chi connectivity index (χ2v) is 6.61. The Hall–Kier alpha value is -1.55. The highest BCUT2D eigenvalue weighted by Gasteiger charge is 2.17. The van der Waals surface area contributed by atoms with Crippen molar-refractivity contribution >= 4 is 11.8 Å². The van der Waals surface area contributed by atoms with Gasteiger partial charge in [0.25, 0.3) is 5.56 Å². The molecule has 2 heterocycles. The third-order valence-corrected chi connectivity index (χ3v) is 4.43. The zero-order valence-corrected chi connectivity index (χ0v) is 12.6. The minimum atomic E-state index is 0.0151. The van der Waals surface area contributed by atoms with Gasteiger partial charge >= 0.3 is 0 Å². The van der Waals surface area contributed by atoms with Crippen LogP contribution in [-0.4, -0.2) is 9.97 Å². The molecule has 0 unspecified atom stereocenters. The molecule has 1 aromatic heterocycles. The number of fused-ring (bicyclic) bond motifs is 1. The van der Waals surface area contributed by atoms with Crippen LogP contribution < -0.4 is 5.56 Å². The summed E-state index contributed by atoms with van der Waals surface area (Å²) < 4.78 is 0. The summed E-state index contributed by atoms with van der Waals surface area (Å²) >= 11 is 1.75. The number of nitrogens with zero attached hydrogens (tertiary/aromatic N) is 1. The number of thioether (sulfide) groups is 1. The fourth-order valence-electron chi connectivity index (χ4n) is 2.47. The Morgan fingerprint density at radius 3 is 2.70 bits per heavy atom.